The van der Waals surface area contributed by atoms with Gasteiger partial charge in [-0.15, -0.1) is 0 Å². The summed E-state index contributed by atoms with van der Waals surface area (Å²) in [4.78, 5) is 71.4. The Labute approximate surface area is 383 Å². The van der Waals surface area contributed by atoms with Crippen LogP contribution in [0.3, 0.4) is 0 Å². The first-order valence-corrected chi connectivity index (χ1v) is 23.0. The zero-order chi connectivity index (χ0) is 46.3. The Morgan fingerprint density at radius 3 is 2.39 bits per heavy atom. The summed E-state index contributed by atoms with van der Waals surface area (Å²) in [6.07, 6.45) is 5.89. The summed E-state index contributed by atoms with van der Waals surface area (Å²) in [6, 6.07) is 17.5. The summed E-state index contributed by atoms with van der Waals surface area (Å²) in [5.74, 6) is -0.0243. The van der Waals surface area contributed by atoms with Crippen molar-refractivity contribution in [1.82, 2.24) is 35.0 Å². The molecular formula is C50H58FN9O6. The number of piperidine rings is 2. The largest absolute Gasteiger partial charge is 0.495 e. The number of aliphatic hydroxyl groups is 1. The summed E-state index contributed by atoms with van der Waals surface area (Å²) in [5.41, 5.74) is 6.95. The van der Waals surface area contributed by atoms with Gasteiger partial charge in [0.05, 0.1) is 24.6 Å². The first kappa shape index (κ1) is 44.8. The first-order valence-electron chi connectivity index (χ1n) is 23.0. The van der Waals surface area contributed by atoms with E-state index in [2.05, 4.69) is 68.6 Å². The van der Waals surface area contributed by atoms with Gasteiger partial charge in [-0.05, 0) is 117 Å². The molecule has 0 unspecified atom stereocenters. The molecule has 0 bridgehead atoms. The number of nitrogens with one attached hydrogen (secondary N) is 3. The fourth-order valence-corrected chi connectivity index (χ4v) is 10.3. The molecular weight excluding hydrogens is 842 g/mol. The highest BCUT2D eigenvalue weighted by atomic mass is 19.1. The number of hydrogen-bond donors (Lipinski definition) is 4. The highest BCUT2D eigenvalue weighted by Crippen LogP contribution is 2.42. The molecule has 4 aliphatic heterocycles. The van der Waals surface area contributed by atoms with Crippen molar-refractivity contribution < 1.29 is 33.4 Å². The van der Waals surface area contributed by atoms with Crippen molar-refractivity contribution in [2.75, 3.05) is 63.1 Å². The predicted molar refractivity (Wildman–Crippen MR) is 250 cm³/mol. The number of carbonyl (C=O) groups is 4. The van der Waals surface area contributed by atoms with Crippen LogP contribution in [0.5, 0.6) is 5.75 Å². The van der Waals surface area contributed by atoms with Gasteiger partial charge in [0.2, 0.25) is 5.91 Å². The number of halogens is 1. The molecule has 4 aliphatic rings. The van der Waals surface area contributed by atoms with E-state index in [0.29, 0.717) is 70.7 Å². The van der Waals surface area contributed by atoms with Crippen LogP contribution in [0.2, 0.25) is 0 Å². The lowest BCUT2D eigenvalue weighted by Gasteiger charge is -2.47. The number of β-amino-alcohol motifs (C(OH)–C–C–N with tert-alkyl or cyclic N) is 1. The normalized spacial score (nSPS) is 20.1. The molecule has 5 aromatic rings. The highest BCUT2D eigenvalue weighted by molar-refractivity contribution is 6.07. The molecule has 346 valence electrons. The number of aliphatic hydroxyl groups excluding tert-OH is 1. The van der Waals surface area contributed by atoms with Gasteiger partial charge in [0.1, 0.15) is 23.5 Å². The number of rotatable bonds is 10. The van der Waals surface area contributed by atoms with Gasteiger partial charge in [0, 0.05) is 79.5 Å². The van der Waals surface area contributed by atoms with Gasteiger partial charge in [-0.3, -0.25) is 24.7 Å². The molecule has 4 N–H and O–H groups in total. The Morgan fingerprint density at radius 1 is 0.939 bits per heavy atom. The molecule has 9 rings (SSSR count). The summed E-state index contributed by atoms with van der Waals surface area (Å²) >= 11 is 0. The molecule has 3 aromatic carbocycles. The number of urea groups is 2. The van der Waals surface area contributed by atoms with Gasteiger partial charge in [-0.25, -0.2) is 23.9 Å². The minimum atomic E-state index is -0.587. The monoisotopic (exact) mass is 899 g/mol. The molecule has 0 saturated carbocycles. The summed E-state index contributed by atoms with van der Waals surface area (Å²) in [6.45, 7) is 11.1. The third-order valence-corrected chi connectivity index (χ3v) is 14.2. The van der Waals surface area contributed by atoms with Crippen molar-refractivity contribution in [3.05, 3.63) is 89.5 Å². The SMILES string of the molecule is COc1ccc(C(=O)N2CCC3(CCN(Cc4ccc(-c5cc6c(-c7cc(F)cc(NC(=O)N8C[C@@H](CC(C)C)[C@H](O)C8)c7C)ncnc6[nH]5)cc4)CC3)CC2)cc1N1CCC(=O)NC1=O. The van der Waals surface area contributed by atoms with Crippen LogP contribution in [0, 0.1) is 30.0 Å². The molecule has 4 fully saturated rings. The van der Waals surface area contributed by atoms with Crippen LogP contribution in [0.4, 0.5) is 25.4 Å². The van der Waals surface area contributed by atoms with E-state index in [-0.39, 0.29) is 48.7 Å². The smallest absolute Gasteiger partial charge is 0.328 e. The average Bonchev–Trinajstić information content (AvgIpc) is 3.91. The number of amides is 6. The Morgan fingerprint density at radius 2 is 1.68 bits per heavy atom. The minimum Gasteiger partial charge on any atom is -0.495 e. The van der Waals surface area contributed by atoms with Crippen molar-refractivity contribution in [2.24, 2.45) is 17.3 Å². The lowest BCUT2D eigenvalue weighted by atomic mass is 9.71. The van der Waals surface area contributed by atoms with Gasteiger partial charge >= 0.3 is 12.1 Å². The molecule has 2 aromatic heterocycles. The van der Waals surface area contributed by atoms with E-state index in [4.69, 9.17) is 4.74 Å². The topological polar surface area (TPSA) is 176 Å². The molecule has 0 aliphatic carbocycles. The predicted octanol–water partition coefficient (Wildman–Crippen LogP) is 7.58. The zero-order valence-corrected chi connectivity index (χ0v) is 38.0. The number of carbonyl (C=O) groups excluding carboxylic acids is 4. The van der Waals surface area contributed by atoms with E-state index in [0.717, 1.165) is 68.4 Å². The number of hydrogen-bond acceptors (Lipinski definition) is 9. The average molecular weight is 900 g/mol. The molecule has 0 radical (unpaired) electrons. The zero-order valence-electron chi connectivity index (χ0n) is 38.0. The lowest BCUT2D eigenvalue weighted by molar-refractivity contribution is -0.120. The van der Waals surface area contributed by atoms with Crippen LogP contribution in [-0.4, -0.2) is 118 Å². The van der Waals surface area contributed by atoms with Crippen molar-refractivity contribution in [3.8, 4) is 28.3 Å². The quantitative estimate of drug-likeness (QED) is 0.110. The Bertz CT molecular complexity index is 2650. The second-order valence-corrected chi connectivity index (χ2v) is 19.0. The van der Waals surface area contributed by atoms with Crippen molar-refractivity contribution in [2.45, 2.75) is 71.9 Å². The maximum Gasteiger partial charge on any atom is 0.328 e. The maximum absolute atomic E-state index is 15.3. The van der Waals surface area contributed by atoms with Gasteiger partial charge < -0.3 is 29.9 Å². The van der Waals surface area contributed by atoms with Crippen molar-refractivity contribution >= 4 is 46.3 Å². The number of benzene rings is 3. The molecule has 4 saturated heterocycles. The summed E-state index contributed by atoms with van der Waals surface area (Å²) in [5, 5.41) is 16.6. The third kappa shape index (κ3) is 9.21. The van der Waals surface area contributed by atoms with E-state index in [1.807, 2.05) is 17.9 Å². The number of aromatic amines is 1. The van der Waals surface area contributed by atoms with E-state index in [9.17, 15) is 24.3 Å². The number of ether oxygens (including phenoxy) is 1. The van der Waals surface area contributed by atoms with Gasteiger partial charge in [0.15, 0.2) is 0 Å². The number of methoxy groups -OCH3 is 1. The Hall–Kier alpha value is -6.39. The molecule has 16 heteroatoms. The van der Waals surface area contributed by atoms with Crippen molar-refractivity contribution in [3.63, 3.8) is 0 Å². The van der Waals surface area contributed by atoms with Crippen LogP contribution in [0.25, 0.3) is 33.5 Å². The van der Waals surface area contributed by atoms with E-state index in [1.54, 1.807) is 23.1 Å². The lowest BCUT2D eigenvalue weighted by Crippen LogP contribution is -2.50. The summed E-state index contributed by atoms with van der Waals surface area (Å²) < 4.78 is 20.7. The second kappa shape index (κ2) is 18.5. The fraction of sp³-hybridized carbons (Fsp3) is 0.440. The molecule has 15 nitrogen and oxygen atoms in total. The van der Waals surface area contributed by atoms with Gasteiger partial charge in [-0.1, -0.05) is 38.1 Å². The first-order chi connectivity index (χ1) is 31.8. The third-order valence-electron chi connectivity index (χ3n) is 14.2. The summed E-state index contributed by atoms with van der Waals surface area (Å²) in [7, 11) is 1.52. The van der Waals surface area contributed by atoms with Crippen LogP contribution < -0.4 is 20.3 Å². The van der Waals surface area contributed by atoms with Crippen LogP contribution >= 0.6 is 0 Å². The molecule has 6 amide bonds. The molecule has 6 heterocycles. The molecule has 2 atom stereocenters. The number of nitrogens with zero attached hydrogens (tertiary/aromatic N) is 6. The minimum absolute atomic E-state index is 0.00762. The Balaban J connectivity index is 0.804. The van der Waals surface area contributed by atoms with Crippen LogP contribution in [-0.2, 0) is 11.3 Å². The van der Waals surface area contributed by atoms with E-state index in [1.165, 1.54) is 36.0 Å². The fourth-order valence-electron chi connectivity index (χ4n) is 10.3. The Kier molecular flexibility index (Phi) is 12.5. The number of aromatic nitrogens is 3. The van der Waals surface area contributed by atoms with Gasteiger partial charge in [0.25, 0.3) is 5.91 Å². The molecule has 1 spiro atoms. The van der Waals surface area contributed by atoms with Crippen molar-refractivity contribution in [1.29, 1.82) is 0 Å². The standard InChI is InChI=1S/C50H58FN9O6/c1-30(2)21-35-27-59(28-42(35)61)48(64)55-39-24-36(51)23-37(31(39)3)45-38-25-40(54-46(38)53-29-52-45)33-7-5-32(6-8-33)26-57-17-12-50(13-18-57)14-19-58(20-15-50)47(63)34-9-10-43(66-4)41(22-34)60-16-11-44(62)56-49(60)65/h5-10,22-25,29-30,35,42,61H,11-21,26-28H2,1-4H3,(H,55,64)(H,52,53,54)(H,56,62,65)/t35-,42-/m1/s1. The van der Waals surface area contributed by atoms with Crippen LogP contribution in [0.1, 0.15) is 73.9 Å². The number of H-pyrrole nitrogens is 1. The highest BCUT2D eigenvalue weighted by Gasteiger charge is 2.39. The second-order valence-electron chi connectivity index (χ2n) is 19.0. The van der Waals surface area contributed by atoms with E-state index >= 15 is 4.39 Å². The number of fused-ring (bicyclic) bond motifs is 1. The maximum atomic E-state index is 15.3. The van der Waals surface area contributed by atoms with E-state index < -0.39 is 18.0 Å². The van der Waals surface area contributed by atoms with Crippen LogP contribution in [0.15, 0.2) is 67.0 Å². The number of imide groups is 1. The van der Waals surface area contributed by atoms with Gasteiger partial charge in [-0.2, -0.15) is 0 Å². The molecule has 66 heavy (non-hydrogen) atoms. The number of likely N-dealkylation sites (tertiary alicyclic amines) is 3. The number of anilines is 2.